The summed E-state index contributed by atoms with van der Waals surface area (Å²) in [6.07, 6.45) is 2.76. The number of allylic oxidation sites excluding steroid dienone is 1. The van der Waals surface area contributed by atoms with Crippen molar-refractivity contribution in [3.05, 3.63) is 12.2 Å². The van der Waals surface area contributed by atoms with Gasteiger partial charge in [0.2, 0.25) is 0 Å². The third-order valence-corrected chi connectivity index (χ3v) is 2.58. The van der Waals surface area contributed by atoms with Crippen LogP contribution in [0.4, 0.5) is 0 Å². The molecule has 3 nitrogen and oxygen atoms in total. The van der Waals surface area contributed by atoms with Gasteiger partial charge in [0.25, 0.3) is 0 Å². The standard InChI is InChI=1S/C10H16O3/c1-4-5-8-6(2)9(11)7(3)10(12)13-8/h4-9,11H,1-3H3/t6-,7+,8+,9+/m0/s1. The summed E-state index contributed by atoms with van der Waals surface area (Å²) in [6.45, 7) is 5.44. The number of ether oxygens (including phenoxy) is 1. The van der Waals surface area contributed by atoms with Crippen molar-refractivity contribution in [1.82, 2.24) is 0 Å². The molecule has 0 unspecified atom stereocenters. The van der Waals surface area contributed by atoms with E-state index in [0.717, 1.165) is 0 Å². The van der Waals surface area contributed by atoms with E-state index in [1.54, 1.807) is 13.0 Å². The van der Waals surface area contributed by atoms with Gasteiger partial charge in [-0.2, -0.15) is 0 Å². The molecule has 1 heterocycles. The molecule has 1 fully saturated rings. The Labute approximate surface area is 78.4 Å². The summed E-state index contributed by atoms with van der Waals surface area (Å²) in [6, 6.07) is 0. The molecule has 1 rings (SSSR count). The van der Waals surface area contributed by atoms with Gasteiger partial charge in [0.05, 0.1) is 12.0 Å². The summed E-state index contributed by atoms with van der Waals surface area (Å²) in [5.41, 5.74) is 0. The molecule has 1 N–H and O–H groups in total. The zero-order valence-electron chi connectivity index (χ0n) is 8.23. The van der Waals surface area contributed by atoms with E-state index in [0.29, 0.717) is 0 Å². The first kappa shape index (κ1) is 10.3. The molecule has 3 heteroatoms. The van der Waals surface area contributed by atoms with Crippen molar-refractivity contribution in [2.45, 2.75) is 33.0 Å². The van der Waals surface area contributed by atoms with Crippen LogP contribution in [-0.4, -0.2) is 23.3 Å². The van der Waals surface area contributed by atoms with Crippen LogP contribution in [0.3, 0.4) is 0 Å². The fourth-order valence-corrected chi connectivity index (χ4v) is 1.54. The molecule has 0 aromatic carbocycles. The lowest BCUT2D eigenvalue weighted by Crippen LogP contribution is -2.45. The summed E-state index contributed by atoms with van der Waals surface area (Å²) in [5, 5.41) is 9.68. The van der Waals surface area contributed by atoms with Crippen molar-refractivity contribution in [3.63, 3.8) is 0 Å². The minimum Gasteiger partial charge on any atom is -0.457 e. The van der Waals surface area contributed by atoms with Gasteiger partial charge in [-0.3, -0.25) is 4.79 Å². The Kier molecular flexibility index (Phi) is 3.09. The van der Waals surface area contributed by atoms with Gasteiger partial charge in [0.1, 0.15) is 6.10 Å². The summed E-state index contributed by atoms with van der Waals surface area (Å²) >= 11 is 0. The zero-order chi connectivity index (χ0) is 10.0. The predicted octanol–water partition coefficient (Wildman–Crippen LogP) is 1.12. The molecule has 4 atom stereocenters. The van der Waals surface area contributed by atoms with Gasteiger partial charge in [-0.25, -0.2) is 0 Å². The van der Waals surface area contributed by atoms with Crippen molar-refractivity contribution in [2.24, 2.45) is 11.8 Å². The van der Waals surface area contributed by atoms with Gasteiger partial charge in [0, 0.05) is 5.92 Å². The third-order valence-electron chi connectivity index (χ3n) is 2.58. The number of rotatable bonds is 1. The third kappa shape index (κ3) is 1.91. The molecule has 1 aliphatic heterocycles. The summed E-state index contributed by atoms with van der Waals surface area (Å²) in [5.74, 6) is -0.742. The molecule has 0 spiro atoms. The van der Waals surface area contributed by atoms with Crippen LogP contribution >= 0.6 is 0 Å². The van der Waals surface area contributed by atoms with Crippen LogP contribution in [0.25, 0.3) is 0 Å². The Balaban J connectivity index is 2.76. The fourth-order valence-electron chi connectivity index (χ4n) is 1.54. The van der Waals surface area contributed by atoms with Crippen molar-refractivity contribution >= 4 is 5.97 Å². The number of carbonyl (C=O) groups is 1. The quantitative estimate of drug-likeness (QED) is 0.490. The zero-order valence-corrected chi connectivity index (χ0v) is 8.23. The van der Waals surface area contributed by atoms with Gasteiger partial charge in [-0.15, -0.1) is 0 Å². The van der Waals surface area contributed by atoms with E-state index >= 15 is 0 Å². The van der Waals surface area contributed by atoms with E-state index in [4.69, 9.17) is 4.74 Å². The summed E-state index contributed by atoms with van der Waals surface area (Å²) in [4.78, 5) is 11.2. The van der Waals surface area contributed by atoms with E-state index in [1.165, 1.54) is 0 Å². The Bertz CT molecular complexity index is 222. The van der Waals surface area contributed by atoms with E-state index in [9.17, 15) is 9.90 Å². The second kappa shape index (κ2) is 3.92. The van der Waals surface area contributed by atoms with E-state index in [-0.39, 0.29) is 18.0 Å². The molecule has 74 valence electrons. The number of aliphatic hydroxyl groups is 1. The van der Waals surface area contributed by atoms with Gasteiger partial charge >= 0.3 is 5.97 Å². The number of hydrogen-bond acceptors (Lipinski definition) is 3. The lowest BCUT2D eigenvalue weighted by Gasteiger charge is -2.34. The molecule has 0 bridgehead atoms. The van der Waals surface area contributed by atoms with Gasteiger partial charge < -0.3 is 9.84 Å². The van der Waals surface area contributed by atoms with Crippen molar-refractivity contribution in [3.8, 4) is 0 Å². The van der Waals surface area contributed by atoms with Crippen LogP contribution in [0.1, 0.15) is 20.8 Å². The van der Waals surface area contributed by atoms with Crippen molar-refractivity contribution in [2.75, 3.05) is 0 Å². The molecular formula is C10H16O3. The average molecular weight is 184 g/mol. The monoisotopic (exact) mass is 184 g/mol. The second-order valence-corrected chi connectivity index (χ2v) is 3.57. The lowest BCUT2D eigenvalue weighted by molar-refractivity contribution is -0.172. The Morgan fingerprint density at radius 1 is 1.46 bits per heavy atom. The fraction of sp³-hybridized carbons (Fsp3) is 0.700. The number of hydrogen-bond donors (Lipinski definition) is 1. The van der Waals surface area contributed by atoms with E-state index in [2.05, 4.69) is 0 Å². The largest absolute Gasteiger partial charge is 0.457 e. The highest BCUT2D eigenvalue weighted by molar-refractivity contribution is 5.74. The molecule has 0 aromatic rings. The molecular weight excluding hydrogens is 168 g/mol. The maximum Gasteiger partial charge on any atom is 0.311 e. The first-order valence-corrected chi connectivity index (χ1v) is 4.59. The Morgan fingerprint density at radius 2 is 2.08 bits per heavy atom. The molecule has 1 saturated heterocycles. The number of carbonyl (C=O) groups excluding carboxylic acids is 1. The van der Waals surface area contributed by atoms with Crippen LogP contribution in [0, 0.1) is 11.8 Å². The van der Waals surface area contributed by atoms with Gasteiger partial charge in [-0.1, -0.05) is 13.0 Å². The number of aliphatic hydroxyl groups excluding tert-OH is 1. The second-order valence-electron chi connectivity index (χ2n) is 3.57. The van der Waals surface area contributed by atoms with E-state index in [1.807, 2.05) is 19.9 Å². The molecule has 0 radical (unpaired) electrons. The smallest absolute Gasteiger partial charge is 0.311 e. The Morgan fingerprint density at radius 3 is 2.62 bits per heavy atom. The first-order valence-electron chi connectivity index (χ1n) is 4.59. The molecule has 0 saturated carbocycles. The minimum absolute atomic E-state index is 0.0242. The Hall–Kier alpha value is -0.830. The van der Waals surface area contributed by atoms with Crippen LogP contribution in [0.15, 0.2) is 12.2 Å². The predicted molar refractivity (Wildman–Crippen MR) is 49.0 cm³/mol. The number of esters is 1. The minimum atomic E-state index is -0.595. The maximum atomic E-state index is 11.2. The summed E-state index contributed by atoms with van der Waals surface area (Å²) in [7, 11) is 0. The van der Waals surface area contributed by atoms with Crippen LogP contribution < -0.4 is 0 Å². The summed E-state index contributed by atoms with van der Waals surface area (Å²) < 4.78 is 5.14. The normalized spacial score (nSPS) is 40.8. The van der Waals surface area contributed by atoms with E-state index < -0.39 is 12.0 Å². The number of cyclic esters (lactones) is 1. The van der Waals surface area contributed by atoms with Crippen LogP contribution in [0.5, 0.6) is 0 Å². The highest BCUT2D eigenvalue weighted by Gasteiger charge is 2.38. The van der Waals surface area contributed by atoms with Gasteiger partial charge in [-0.05, 0) is 19.9 Å². The molecule has 0 aromatic heterocycles. The molecule has 0 aliphatic carbocycles. The molecule has 1 aliphatic rings. The topological polar surface area (TPSA) is 46.5 Å². The highest BCUT2D eigenvalue weighted by Crippen LogP contribution is 2.26. The SMILES string of the molecule is CC=C[C@H]1OC(=O)[C@H](C)[C@H](O)[C@H]1C. The van der Waals surface area contributed by atoms with Crippen LogP contribution in [0.2, 0.25) is 0 Å². The average Bonchev–Trinajstić information content (AvgIpc) is 2.11. The maximum absolute atomic E-state index is 11.2. The highest BCUT2D eigenvalue weighted by atomic mass is 16.5. The van der Waals surface area contributed by atoms with Crippen molar-refractivity contribution < 1.29 is 14.6 Å². The van der Waals surface area contributed by atoms with Gasteiger partial charge in [0.15, 0.2) is 0 Å². The first-order chi connectivity index (χ1) is 6.07. The molecule has 0 amide bonds. The van der Waals surface area contributed by atoms with Crippen LogP contribution in [-0.2, 0) is 9.53 Å². The molecule has 13 heavy (non-hydrogen) atoms. The lowest BCUT2D eigenvalue weighted by atomic mass is 9.86. The van der Waals surface area contributed by atoms with Crippen molar-refractivity contribution in [1.29, 1.82) is 0 Å².